The second-order valence-corrected chi connectivity index (χ2v) is 8.65. The van der Waals surface area contributed by atoms with Crippen LogP contribution in [-0.2, 0) is 4.79 Å². The summed E-state index contributed by atoms with van der Waals surface area (Å²) in [7, 11) is 1.58. The van der Waals surface area contributed by atoms with Crippen molar-refractivity contribution in [2.24, 2.45) is 0 Å². The predicted molar refractivity (Wildman–Crippen MR) is 135 cm³/mol. The van der Waals surface area contributed by atoms with E-state index in [1.54, 1.807) is 30.1 Å². The summed E-state index contributed by atoms with van der Waals surface area (Å²) in [5, 5.41) is 7.55. The van der Waals surface area contributed by atoms with Crippen molar-refractivity contribution in [1.29, 1.82) is 0 Å². The summed E-state index contributed by atoms with van der Waals surface area (Å²) in [5.74, 6) is -0.989. The van der Waals surface area contributed by atoms with Crippen molar-refractivity contribution in [2.45, 2.75) is 20.8 Å². The quantitative estimate of drug-likeness (QED) is 0.415. The number of anilines is 1. The number of nitrogens with zero attached hydrogens (tertiary/aromatic N) is 3. The van der Waals surface area contributed by atoms with Crippen LogP contribution in [0.25, 0.3) is 16.9 Å². The van der Waals surface area contributed by atoms with Crippen molar-refractivity contribution in [2.75, 3.05) is 18.9 Å². The van der Waals surface area contributed by atoms with Gasteiger partial charge in [-0.1, -0.05) is 48.0 Å². The second kappa shape index (κ2) is 9.93. The predicted octanol–water partition coefficient (Wildman–Crippen LogP) is 5.31. The van der Waals surface area contributed by atoms with Crippen LogP contribution in [0.5, 0.6) is 0 Å². The molecule has 0 radical (unpaired) electrons. The van der Waals surface area contributed by atoms with Crippen molar-refractivity contribution < 1.29 is 14.0 Å². The smallest absolute Gasteiger partial charge is 0.257 e. The molecular formula is C28H27FN4O2. The monoisotopic (exact) mass is 470 g/mol. The molecule has 3 aromatic carbocycles. The molecule has 0 aliphatic heterocycles. The van der Waals surface area contributed by atoms with Crippen LogP contribution >= 0.6 is 0 Å². The first-order valence-corrected chi connectivity index (χ1v) is 11.3. The second-order valence-electron chi connectivity index (χ2n) is 8.65. The number of hydrogen-bond donors (Lipinski definition) is 1. The molecule has 0 atom stereocenters. The molecule has 0 aliphatic carbocycles. The molecule has 0 spiro atoms. The van der Waals surface area contributed by atoms with Gasteiger partial charge >= 0.3 is 0 Å². The zero-order valence-corrected chi connectivity index (χ0v) is 20.2. The lowest BCUT2D eigenvalue weighted by Crippen LogP contribution is -2.35. The molecule has 0 unspecified atom stereocenters. The number of benzene rings is 3. The lowest BCUT2D eigenvalue weighted by Gasteiger charge is -2.18. The van der Waals surface area contributed by atoms with Gasteiger partial charge in [0.25, 0.3) is 5.91 Å². The molecule has 1 N–H and O–H groups in total. The van der Waals surface area contributed by atoms with Crippen molar-refractivity contribution in [3.8, 4) is 16.9 Å². The highest BCUT2D eigenvalue weighted by atomic mass is 19.1. The van der Waals surface area contributed by atoms with Crippen LogP contribution in [0.15, 0.2) is 72.9 Å². The van der Waals surface area contributed by atoms with Crippen molar-refractivity contribution >= 4 is 17.5 Å². The number of para-hydroxylation sites is 1. The molecule has 35 heavy (non-hydrogen) atoms. The first kappa shape index (κ1) is 23.9. The Balaban J connectivity index is 1.62. The van der Waals surface area contributed by atoms with Crippen LogP contribution in [0.3, 0.4) is 0 Å². The third-order valence-corrected chi connectivity index (χ3v) is 5.83. The number of aryl methyl sites for hydroxylation is 3. The largest absolute Gasteiger partial charge is 0.332 e. The van der Waals surface area contributed by atoms with Gasteiger partial charge in [-0.05, 0) is 56.2 Å². The maximum Gasteiger partial charge on any atom is 0.257 e. The zero-order chi connectivity index (χ0) is 25.1. The minimum atomic E-state index is -0.356. The minimum absolute atomic E-state index is 0.123. The van der Waals surface area contributed by atoms with Gasteiger partial charge in [-0.15, -0.1) is 0 Å². The van der Waals surface area contributed by atoms with E-state index in [4.69, 9.17) is 0 Å². The molecule has 6 nitrogen and oxygen atoms in total. The molecule has 1 heterocycles. The summed E-state index contributed by atoms with van der Waals surface area (Å²) in [6.45, 7) is 5.71. The molecular weight excluding hydrogens is 443 g/mol. The van der Waals surface area contributed by atoms with Gasteiger partial charge in [0.1, 0.15) is 11.5 Å². The summed E-state index contributed by atoms with van der Waals surface area (Å²) in [6.07, 6.45) is 1.62. The van der Waals surface area contributed by atoms with Crippen molar-refractivity contribution in [3.05, 3.63) is 101 Å². The fourth-order valence-electron chi connectivity index (χ4n) is 3.86. The minimum Gasteiger partial charge on any atom is -0.332 e. The maximum absolute atomic E-state index is 13.5. The Hall–Kier alpha value is -4.26. The van der Waals surface area contributed by atoms with Crippen LogP contribution in [0.1, 0.15) is 27.0 Å². The number of likely N-dealkylation sites (N-methyl/N-ethyl adjacent to an activating group) is 1. The number of carbonyl (C=O) groups is 2. The average Bonchev–Trinajstić information content (AvgIpc) is 3.27. The Morgan fingerprint density at radius 3 is 2.20 bits per heavy atom. The highest BCUT2D eigenvalue weighted by Crippen LogP contribution is 2.26. The summed E-state index contributed by atoms with van der Waals surface area (Å²) in [4.78, 5) is 27.6. The SMILES string of the molecule is Cc1ccc(-c2nn(-c3ccc(F)cc3)cc2C(=O)N(C)CC(=O)Nc2c(C)cccc2C)cc1. The summed E-state index contributed by atoms with van der Waals surface area (Å²) in [6, 6.07) is 19.3. The molecule has 2 amide bonds. The lowest BCUT2D eigenvalue weighted by atomic mass is 10.1. The molecule has 0 fully saturated rings. The van der Waals surface area contributed by atoms with Crippen LogP contribution in [0, 0.1) is 26.6 Å². The first-order valence-electron chi connectivity index (χ1n) is 11.3. The fourth-order valence-corrected chi connectivity index (χ4v) is 3.86. The van der Waals surface area contributed by atoms with Gasteiger partial charge in [0.05, 0.1) is 17.8 Å². The molecule has 178 valence electrons. The number of nitrogens with one attached hydrogen (secondary N) is 1. The highest BCUT2D eigenvalue weighted by molar-refractivity contribution is 6.03. The van der Waals surface area contributed by atoms with E-state index in [1.807, 2.05) is 63.2 Å². The Bertz CT molecular complexity index is 1360. The Kier molecular flexibility index (Phi) is 6.78. The van der Waals surface area contributed by atoms with Gasteiger partial charge in [0.2, 0.25) is 5.91 Å². The number of rotatable bonds is 6. The van der Waals surface area contributed by atoms with Gasteiger partial charge in [-0.2, -0.15) is 5.10 Å². The van der Waals surface area contributed by atoms with E-state index in [-0.39, 0.29) is 24.2 Å². The standard InChI is InChI=1S/C28H27FN4O2/c1-18-8-10-21(11-9-18)27-24(16-33(31-27)23-14-12-22(29)13-15-23)28(35)32(4)17-25(34)30-26-19(2)6-5-7-20(26)3/h5-16H,17H2,1-4H3,(H,30,34). The molecule has 0 bridgehead atoms. The highest BCUT2D eigenvalue weighted by Gasteiger charge is 2.23. The maximum atomic E-state index is 13.5. The number of hydrogen-bond acceptors (Lipinski definition) is 3. The lowest BCUT2D eigenvalue weighted by molar-refractivity contribution is -0.116. The topological polar surface area (TPSA) is 67.2 Å². The molecule has 4 aromatic rings. The Labute approximate surface area is 204 Å². The summed E-state index contributed by atoms with van der Waals surface area (Å²) >= 11 is 0. The fraction of sp³-hybridized carbons (Fsp3) is 0.179. The number of carbonyl (C=O) groups excluding carboxylic acids is 2. The molecule has 7 heteroatoms. The third-order valence-electron chi connectivity index (χ3n) is 5.83. The number of amides is 2. The number of halogens is 1. The normalized spacial score (nSPS) is 10.8. The molecule has 4 rings (SSSR count). The van der Waals surface area contributed by atoms with E-state index < -0.39 is 0 Å². The van der Waals surface area contributed by atoms with Gasteiger partial charge < -0.3 is 10.2 Å². The van der Waals surface area contributed by atoms with Crippen LogP contribution < -0.4 is 5.32 Å². The first-order chi connectivity index (χ1) is 16.7. The van der Waals surface area contributed by atoms with E-state index in [0.29, 0.717) is 16.9 Å². The van der Waals surface area contributed by atoms with Crippen molar-refractivity contribution in [3.63, 3.8) is 0 Å². The van der Waals surface area contributed by atoms with E-state index in [9.17, 15) is 14.0 Å². The van der Waals surface area contributed by atoms with Crippen molar-refractivity contribution in [1.82, 2.24) is 14.7 Å². The van der Waals surface area contributed by atoms with Gasteiger partial charge in [0, 0.05) is 24.5 Å². The van der Waals surface area contributed by atoms with E-state index in [2.05, 4.69) is 10.4 Å². The molecule has 0 saturated heterocycles. The van der Waals surface area contributed by atoms with Gasteiger partial charge in [0.15, 0.2) is 0 Å². The average molecular weight is 471 g/mol. The van der Waals surface area contributed by atoms with Crippen LogP contribution in [0.4, 0.5) is 10.1 Å². The Morgan fingerprint density at radius 2 is 1.57 bits per heavy atom. The van der Waals surface area contributed by atoms with E-state index >= 15 is 0 Å². The van der Waals surface area contributed by atoms with Crippen LogP contribution in [0.2, 0.25) is 0 Å². The molecule has 0 saturated carbocycles. The van der Waals surface area contributed by atoms with E-state index in [1.165, 1.54) is 17.0 Å². The number of aromatic nitrogens is 2. The van der Waals surface area contributed by atoms with Crippen LogP contribution in [-0.4, -0.2) is 40.1 Å². The summed E-state index contributed by atoms with van der Waals surface area (Å²) < 4.78 is 15.0. The van der Waals surface area contributed by atoms with Gasteiger partial charge in [-0.25, -0.2) is 9.07 Å². The Morgan fingerprint density at radius 1 is 0.943 bits per heavy atom. The zero-order valence-electron chi connectivity index (χ0n) is 20.2. The molecule has 1 aromatic heterocycles. The third kappa shape index (κ3) is 5.30. The molecule has 0 aliphatic rings. The van der Waals surface area contributed by atoms with Gasteiger partial charge in [-0.3, -0.25) is 9.59 Å². The summed E-state index contributed by atoms with van der Waals surface area (Å²) in [5.41, 5.74) is 5.97. The van der Waals surface area contributed by atoms with E-state index in [0.717, 1.165) is 27.9 Å².